The molecule has 0 saturated heterocycles. The standard InChI is InChI=1S/C19H37F/c1-6-16(12-14(2)3)10-11-17-8-7-9-18(13-20)19(17)15(4)5/h14-19H,6-13H2,1-5H3. The Balaban J connectivity index is 2.54. The van der Waals surface area contributed by atoms with E-state index in [0.29, 0.717) is 17.8 Å². The van der Waals surface area contributed by atoms with Crippen molar-refractivity contribution in [1.29, 1.82) is 0 Å². The van der Waals surface area contributed by atoms with Crippen molar-refractivity contribution in [2.24, 2.45) is 35.5 Å². The molecule has 0 N–H and O–H groups in total. The predicted octanol–water partition coefficient (Wildman–Crippen LogP) is 6.50. The summed E-state index contributed by atoms with van der Waals surface area (Å²) >= 11 is 0. The number of rotatable bonds is 8. The fourth-order valence-electron chi connectivity index (χ4n) is 4.62. The van der Waals surface area contributed by atoms with E-state index in [-0.39, 0.29) is 6.67 Å². The van der Waals surface area contributed by atoms with Gasteiger partial charge in [0, 0.05) is 0 Å². The Hall–Kier alpha value is -0.0700. The number of hydrogen-bond acceptors (Lipinski definition) is 0. The highest BCUT2D eigenvalue weighted by Gasteiger charge is 2.35. The Morgan fingerprint density at radius 1 is 1.05 bits per heavy atom. The van der Waals surface area contributed by atoms with Gasteiger partial charge in [0.15, 0.2) is 0 Å². The van der Waals surface area contributed by atoms with E-state index in [9.17, 15) is 4.39 Å². The van der Waals surface area contributed by atoms with Crippen LogP contribution < -0.4 is 0 Å². The van der Waals surface area contributed by atoms with Gasteiger partial charge in [-0.2, -0.15) is 0 Å². The third-order valence-corrected chi connectivity index (χ3v) is 5.53. The van der Waals surface area contributed by atoms with Crippen LogP contribution in [0.2, 0.25) is 0 Å². The smallest absolute Gasteiger partial charge is 0.0925 e. The molecule has 0 nitrogen and oxygen atoms in total. The molecule has 0 radical (unpaired) electrons. The highest BCUT2D eigenvalue weighted by atomic mass is 19.1. The molecule has 1 aliphatic rings. The van der Waals surface area contributed by atoms with Gasteiger partial charge in [-0.1, -0.05) is 60.3 Å². The van der Waals surface area contributed by atoms with Crippen molar-refractivity contribution in [2.75, 3.05) is 6.67 Å². The minimum Gasteiger partial charge on any atom is -0.251 e. The molecule has 0 aromatic heterocycles. The first-order valence-electron chi connectivity index (χ1n) is 9.05. The molecule has 1 rings (SSSR count). The first-order chi connectivity index (χ1) is 9.49. The van der Waals surface area contributed by atoms with Gasteiger partial charge in [0.05, 0.1) is 6.67 Å². The quantitative estimate of drug-likeness (QED) is 0.477. The van der Waals surface area contributed by atoms with Crippen LogP contribution in [0.4, 0.5) is 4.39 Å². The SMILES string of the molecule is CCC(CCC1CCCC(CF)C1C(C)C)CC(C)C. The normalized spacial score (nSPS) is 29.1. The Bertz CT molecular complexity index is 246. The molecule has 1 heteroatoms. The van der Waals surface area contributed by atoms with Crippen LogP contribution in [-0.2, 0) is 0 Å². The van der Waals surface area contributed by atoms with Gasteiger partial charge in [-0.05, 0) is 54.8 Å². The second-order valence-corrected chi connectivity index (χ2v) is 7.91. The Morgan fingerprint density at radius 2 is 1.70 bits per heavy atom. The summed E-state index contributed by atoms with van der Waals surface area (Å²) < 4.78 is 13.3. The van der Waals surface area contributed by atoms with E-state index < -0.39 is 0 Å². The molecule has 0 spiro atoms. The maximum atomic E-state index is 13.3. The monoisotopic (exact) mass is 284 g/mol. The summed E-state index contributed by atoms with van der Waals surface area (Å²) in [6.45, 7) is 11.5. The van der Waals surface area contributed by atoms with Crippen LogP contribution in [0.15, 0.2) is 0 Å². The summed E-state index contributed by atoms with van der Waals surface area (Å²) in [4.78, 5) is 0. The minimum atomic E-state index is -0.0947. The van der Waals surface area contributed by atoms with Crippen LogP contribution in [0.25, 0.3) is 0 Å². The molecule has 0 amide bonds. The molecule has 0 aliphatic heterocycles. The fourth-order valence-corrected chi connectivity index (χ4v) is 4.62. The van der Waals surface area contributed by atoms with Crippen LogP contribution >= 0.6 is 0 Å². The molecule has 1 aliphatic carbocycles. The maximum Gasteiger partial charge on any atom is 0.0925 e. The number of alkyl halides is 1. The summed E-state index contributed by atoms with van der Waals surface area (Å²) in [6, 6.07) is 0. The van der Waals surface area contributed by atoms with E-state index in [0.717, 1.165) is 24.2 Å². The third-order valence-electron chi connectivity index (χ3n) is 5.53. The van der Waals surface area contributed by atoms with Gasteiger partial charge < -0.3 is 0 Å². The van der Waals surface area contributed by atoms with E-state index in [1.54, 1.807) is 0 Å². The first kappa shape index (κ1) is 18.0. The van der Waals surface area contributed by atoms with Crippen molar-refractivity contribution < 1.29 is 4.39 Å². The predicted molar refractivity (Wildman–Crippen MR) is 87.6 cm³/mol. The molecule has 0 heterocycles. The summed E-state index contributed by atoms with van der Waals surface area (Å²) in [5.74, 6) is 4.10. The average molecular weight is 285 g/mol. The molecule has 120 valence electrons. The van der Waals surface area contributed by atoms with Gasteiger partial charge in [-0.15, -0.1) is 0 Å². The van der Waals surface area contributed by atoms with Crippen LogP contribution in [0.5, 0.6) is 0 Å². The topological polar surface area (TPSA) is 0 Å². The second kappa shape index (κ2) is 9.05. The lowest BCUT2D eigenvalue weighted by Gasteiger charge is -2.40. The van der Waals surface area contributed by atoms with Crippen molar-refractivity contribution in [1.82, 2.24) is 0 Å². The molecule has 4 unspecified atom stereocenters. The number of hydrogen-bond donors (Lipinski definition) is 0. The van der Waals surface area contributed by atoms with E-state index in [1.807, 2.05) is 0 Å². The van der Waals surface area contributed by atoms with Gasteiger partial charge in [0.2, 0.25) is 0 Å². The Morgan fingerprint density at radius 3 is 2.20 bits per heavy atom. The van der Waals surface area contributed by atoms with Gasteiger partial charge in [0.25, 0.3) is 0 Å². The molecule has 1 fully saturated rings. The zero-order valence-corrected chi connectivity index (χ0v) is 14.5. The highest BCUT2D eigenvalue weighted by molar-refractivity contribution is 4.84. The molecular formula is C19H37F. The van der Waals surface area contributed by atoms with Crippen molar-refractivity contribution in [3.63, 3.8) is 0 Å². The van der Waals surface area contributed by atoms with Crippen molar-refractivity contribution in [3.05, 3.63) is 0 Å². The molecule has 20 heavy (non-hydrogen) atoms. The van der Waals surface area contributed by atoms with Gasteiger partial charge >= 0.3 is 0 Å². The molecule has 0 aromatic carbocycles. The Kier molecular flexibility index (Phi) is 8.14. The molecule has 4 atom stereocenters. The van der Waals surface area contributed by atoms with Gasteiger partial charge in [-0.3, -0.25) is 4.39 Å². The summed E-state index contributed by atoms with van der Waals surface area (Å²) in [6.07, 6.45) is 9.10. The van der Waals surface area contributed by atoms with E-state index in [1.165, 1.54) is 38.5 Å². The zero-order valence-electron chi connectivity index (χ0n) is 14.5. The minimum absolute atomic E-state index is 0.0947. The Labute approximate surface area is 126 Å². The van der Waals surface area contributed by atoms with Gasteiger partial charge in [0.1, 0.15) is 0 Å². The van der Waals surface area contributed by atoms with Gasteiger partial charge in [-0.25, -0.2) is 0 Å². The lowest BCUT2D eigenvalue weighted by atomic mass is 9.65. The lowest BCUT2D eigenvalue weighted by Crippen LogP contribution is -2.33. The molecule has 0 aromatic rings. The third kappa shape index (κ3) is 5.37. The lowest BCUT2D eigenvalue weighted by molar-refractivity contribution is 0.0750. The van der Waals surface area contributed by atoms with Crippen LogP contribution in [0.1, 0.15) is 79.6 Å². The van der Waals surface area contributed by atoms with Crippen molar-refractivity contribution in [2.45, 2.75) is 79.6 Å². The van der Waals surface area contributed by atoms with Crippen molar-refractivity contribution >= 4 is 0 Å². The molecule has 0 bridgehead atoms. The zero-order chi connectivity index (χ0) is 15.1. The maximum absolute atomic E-state index is 13.3. The second-order valence-electron chi connectivity index (χ2n) is 7.91. The fraction of sp³-hybridized carbons (Fsp3) is 1.00. The average Bonchev–Trinajstić information content (AvgIpc) is 2.42. The summed E-state index contributed by atoms with van der Waals surface area (Å²) in [5, 5.41) is 0. The highest BCUT2D eigenvalue weighted by Crippen LogP contribution is 2.42. The molecule has 1 saturated carbocycles. The van der Waals surface area contributed by atoms with Crippen LogP contribution in [0, 0.1) is 35.5 Å². The van der Waals surface area contributed by atoms with E-state index in [4.69, 9.17) is 0 Å². The van der Waals surface area contributed by atoms with Crippen molar-refractivity contribution in [3.8, 4) is 0 Å². The largest absolute Gasteiger partial charge is 0.251 e. The first-order valence-corrected chi connectivity index (χ1v) is 9.05. The summed E-state index contributed by atoms with van der Waals surface area (Å²) in [7, 11) is 0. The summed E-state index contributed by atoms with van der Waals surface area (Å²) in [5.41, 5.74) is 0. The number of halogens is 1. The van der Waals surface area contributed by atoms with Crippen LogP contribution in [0.3, 0.4) is 0 Å². The van der Waals surface area contributed by atoms with Crippen LogP contribution in [-0.4, -0.2) is 6.67 Å². The van der Waals surface area contributed by atoms with E-state index in [2.05, 4.69) is 34.6 Å². The molecular weight excluding hydrogens is 247 g/mol. The van der Waals surface area contributed by atoms with E-state index >= 15 is 0 Å².